The lowest BCUT2D eigenvalue weighted by Gasteiger charge is -2.38. The average molecular weight is 301 g/mol. The number of nitrogens with one attached hydrogen (secondary N) is 1. The summed E-state index contributed by atoms with van der Waals surface area (Å²) in [5.41, 5.74) is 0.264. The Labute approximate surface area is 124 Å². The lowest BCUT2D eigenvalue weighted by molar-refractivity contribution is 0.150. The summed E-state index contributed by atoms with van der Waals surface area (Å²) in [6.45, 7) is 8.27. The van der Waals surface area contributed by atoms with Gasteiger partial charge in [0.25, 0.3) is 0 Å². The number of rotatable bonds is 8. The van der Waals surface area contributed by atoms with Crippen LogP contribution in [-0.2, 0) is 9.84 Å². The summed E-state index contributed by atoms with van der Waals surface area (Å²) >= 11 is 0. The topological polar surface area (TPSA) is 46.2 Å². The van der Waals surface area contributed by atoms with Gasteiger partial charge in [-0.1, -0.05) is 27.2 Å². The lowest BCUT2D eigenvalue weighted by Crippen LogP contribution is -2.41. The van der Waals surface area contributed by atoms with E-state index < -0.39 is 9.84 Å². The molecular weight excluding hydrogens is 270 g/mol. The van der Waals surface area contributed by atoms with Crippen molar-refractivity contribution in [3.8, 4) is 0 Å². The monoisotopic (exact) mass is 301 g/mol. The summed E-state index contributed by atoms with van der Waals surface area (Å²) in [5.74, 6) is 2.96. The molecule has 0 spiro atoms. The van der Waals surface area contributed by atoms with Gasteiger partial charge in [0.05, 0.1) is 5.75 Å². The van der Waals surface area contributed by atoms with E-state index in [1.54, 1.807) is 6.92 Å². The number of fused-ring (bicyclic) bond motifs is 2. The molecule has 2 fully saturated rings. The highest BCUT2D eigenvalue weighted by Gasteiger charge is 2.50. The largest absolute Gasteiger partial charge is 0.316 e. The van der Waals surface area contributed by atoms with Crippen LogP contribution in [0.2, 0.25) is 0 Å². The molecule has 0 radical (unpaired) electrons. The van der Waals surface area contributed by atoms with E-state index >= 15 is 0 Å². The molecule has 2 aliphatic rings. The van der Waals surface area contributed by atoms with Gasteiger partial charge in [-0.05, 0) is 55.4 Å². The molecule has 2 bridgehead atoms. The van der Waals surface area contributed by atoms with Gasteiger partial charge in [-0.15, -0.1) is 0 Å². The third-order valence-corrected chi connectivity index (χ3v) is 7.19. The minimum absolute atomic E-state index is 0.264. The van der Waals surface area contributed by atoms with Crippen molar-refractivity contribution in [1.29, 1.82) is 0 Å². The SMILES string of the molecule is CCS(=O)(=O)CCC1(CNCC(C)C)CC2CCC1C2. The van der Waals surface area contributed by atoms with Crippen molar-refractivity contribution in [2.75, 3.05) is 24.6 Å². The Bertz CT molecular complexity index is 418. The molecule has 1 N–H and O–H groups in total. The highest BCUT2D eigenvalue weighted by Crippen LogP contribution is 2.57. The first-order valence-corrected chi connectivity index (χ1v) is 10.1. The molecule has 3 atom stereocenters. The summed E-state index contributed by atoms with van der Waals surface area (Å²) in [5, 5.41) is 3.61. The third kappa shape index (κ3) is 3.76. The van der Waals surface area contributed by atoms with Crippen molar-refractivity contribution >= 4 is 9.84 Å². The standard InChI is InChI=1S/C16H31NO2S/c1-4-20(18,19)8-7-16(12-17-11-13(2)3)10-14-5-6-15(16)9-14/h13-15,17H,4-12H2,1-3H3. The Kier molecular flexibility index (Phi) is 5.17. The molecule has 118 valence electrons. The van der Waals surface area contributed by atoms with E-state index in [1.807, 2.05) is 0 Å². The Morgan fingerprint density at radius 1 is 1.30 bits per heavy atom. The normalized spacial score (nSPS) is 33.2. The molecule has 2 aliphatic carbocycles. The molecule has 3 unspecified atom stereocenters. The molecule has 0 heterocycles. The molecule has 0 aliphatic heterocycles. The van der Waals surface area contributed by atoms with Crippen molar-refractivity contribution < 1.29 is 8.42 Å². The minimum Gasteiger partial charge on any atom is -0.316 e. The molecule has 4 heteroatoms. The Hall–Kier alpha value is -0.0900. The van der Waals surface area contributed by atoms with Crippen LogP contribution < -0.4 is 5.32 Å². The van der Waals surface area contributed by atoms with Gasteiger partial charge in [0.1, 0.15) is 9.84 Å². The zero-order valence-electron chi connectivity index (χ0n) is 13.3. The predicted molar refractivity (Wildman–Crippen MR) is 84.5 cm³/mol. The van der Waals surface area contributed by atoms with E-state index in [0.717, 1.165) is 31.3 Å². The average Bonchev–Trinajstić information content (AvgIpc) is 2.97. The first-order valence-electron chi connectivity index (χ1n) is 8.28. The van der Waals surface area contributed by atoms with Crippen LogP contribution in [0.15, 0.2) is 0 Å². The molecule has 0 amide bonds. The van der Waals surface area contributed by atoms with E-state index in [2.05, 4.69) is 19.2 Å². The fourth-order valence-electron chi connectivity index (χ4n) is 4.28. The summed E-state index contributed by atoms with van der Waals surface area (Å²) in [7, 11) is -2.83. The maximum Gasteiger partial charge on any atom is 0.150 e. The third-order valence-electron chi connectivity index (χ3n) is 5.48. The lowest BCUT2D eigenvalue weighted by atomic mass is 9.71. The molecule has 0 aromatic rings. The van der Waals surface area contributed by atoms with Crippen molar-refractivity contribution in [2.24, 2.45) is 23.2 Å². The Morgan fingerprint density at radius 3 is 2.55 bits per heavy atom. The van der Waals surface area contributed by atoms with Gasteiger partial charge < -0.3 is 5.32 Å². The zero-order chi connectivity index (χ0) is 14.8. The summed E-state index contributed by atoms with van der Waals surface area (Å²) in [4.78, 5) is 0. The number of sulfone groups is 1. The van der Waals surface area contributed by atoms with Crippen molar-refractivity contribution in [3.63, 3.8) is 0 Å². The van der Waals surface area contributed by atoms with Gasteiger partial charge >= 0.3 is 0 Å². The predicted octanol–water partition coefficient (Wildman–Crippen LogP) is 2.86. The molecule has 20 heavy (non-hydrogen) atoms. The Balaban J connectivity index is 1.98. The first-order chi connectivity index (χ1) is 9.37. The second-order valence-corrected chi connectivity index (χ2v) is 9.93. The van der Waals surface area contributed by atoms with Crippen LogP contribution in [0.5, 0.6) is 0 Å². The second-order valence-electron chi connectivity index (χ2n) is 7.45. The number of hydrogen-bond acceptors (Lipinski definition) is 3. The van der Waals surface area contributed by atoms with Crippen LogP contribution in [0.25, 0.3) is 0 Å². The highest BCUT2D eigenvalue weighted by molar-refractivity contribution is 7.91. The van der Waals surface area contributed by atoms with Crippen LogP contribution in [0.3, 0.4) is 0 Å². The molecule has 2 saturated carbocycles. The first kappa shape index (κ1) is 16.3. The van der Waals surface area contributed by atoms with Crippen LogP contribution in [0.1, 0.15) is 52.9 Å². The van der Waals surface area contributed by atoms with Gasteiger partial charge in [-0.2, -0.15) is 0 Å². The van der Waals surface area contributed by atoms with Gasteiger partial charge in [-0.3, -0.25) is 0 Å². The minimum atomic E-state index is -2.83. The van der Waals surface area contributed by atoms with E-state index in [1.165, 1.54) is 25.7 Å². The molecule has 2 rings (SSSR count). The molecule has 3 nitrogen and oxygen atoms in total. The molecule has 0 saturated heterocycles. The van der Waals surface area contributed by atoms with E-state index in [9.17, 15) is 8.42 Å². The smallest absolute Gasteiger partial charge is 0.150 e. The second kappa shape index (κ2) is 6.35. The maximum atomic E-state index is 11.9. The van der Waals surface area contributed by atoms with Crippen LogP contribution >= 0.6 is 0 Å². The van der Waals surface area contributed by atoms with E-state index in [-0.39, 0.29) is 11.2 Å². The van der Waals surface area contributed by atoms with Crippen LogP contribution in [-0.4, -0.2) is 33.0 Å². The Morgan fingerprint density at radius 2 is 2.05 bits per heavy atom. The van der Waals surface area contributed by atoms with E-state index in [0.29, 0.717) is 11.7 Å². The van der Waals surface area contributed by atoms with Crippen molar-refractivity contribution in [2.45, 2.75) is 52.9 Å². The maximum absolute atomic E-state index is 11.9. The number of hydrogen-bond donors (Lipinski definition) is 1. The summed E-state index contributed by atoms with van der Waals surface area (Å²) < 4.78 is 23.7. The molecule has 0 aromatic carbocycles. The van der Waals surface area contributed by atoms with E-state index in [4.69, 9.17) is 0 Å². The van der Waals surface area contributed by atoms with Crippen molar-refractivity contribution in [3.05, 3.63) is 0 Å². The molecule has 0 aromatic heterocycles. The molecular formula is C16H31NO2S. The fraction of sp³-hybridized carbons (Fsp3) is 1.00. The van der Waals surface area contributed by atoms with Gasteiger partial charge in [0, 0.05) is 12.3 Å². The van der Waals surface area contributed by atoms with Gasteiger partial charge in [0.2, 0.25) is 0 Å². The van der Waals surface area contributed by atoms with Crippen molar-refractivity contribution in [1.82, 2.24) is 5.32 Å². The fourth-order valence-corrected chi connectivity index (χ4v) is 5.29. The van der Waals surface area contributed by atoms with Gasteiger partial charge in [-0.25, -0.2) is 8.42 Å². The quantitative estimate of drug-likeness (QED) is 0.750. The van der Waals surface area contributed by atoms with Gasteiger partial charge in [0.15, 0.2) is 0 Å². The highest BCUT2D eigenvalue weighted by atomic mass is 32.2. The zero-order valence-corrected chi connectivity index (χ0v) is 14.1. The van der Waals surface area contributed by atoms with Crippen LogP contribution in [0.4, 0.5) is 0 Å². The van der Waals surface area contributed by atoms with Crippen LogP contribution in [0, 0.1) is 23.2 Å². The summed E-state index contributed by atoms with van der Waals surface area (Å²) in [6.07, 6.45) is 6.16. The summed E-state index contributed by atoms with van der Waals surface area (Å²) in [6, 6.07) is 0.